The van der Waals surface area contributed by atoms with E-state index in [0.717, 1.165) is 38.7 Å². The van der Waals surface area contributed by atoms with E-state index >= 15 is 0 Å². The number of hydrogen-bond donors (Lipinski definition) is 0. The molecular formula is C30H47NO5. The summed E-state index contributed by atoms with van der Waals surface area (Å²) in [6, 6.07) is 2.96. The molecule has 6 nitrogen and oxygen atoms in total. The molecule has 4 aliphatic rings. The van der Waals surface area contributed by atoms with Crippen LogP contribution in [-0.2, 0) is 20.8 Å². The summed E-state index contributed by atoms with van der Waals surface area (Å²) in [7, 11) is 1.35. The van der Waals surface area contributed by atoms with E-state index in [4.69, 9.17) is 14.2 Å². The van der Waals surface area contributed by atoms with Crippen LogP contribution < -0.4 is 5.56 Å². The summed E-state index contributed by atoms with van der Waals surface area (Å²) < 4.78 is 18.0. The number of ether oxygens (including phenoxy) is 3. The zero-order valence-electron chi connectivity index (χ0n) is 22.9. The van der Waals surface area contributed by atoms with E-state index in [0.29, 0.717) is 42.8 Å². The number of aromatic nitrogens is 1. The second-order valence-corrected chi connectivity index (χ2v) is 10.8. The predicted molar refractivity (Wildman–Crippen MR) is 143 cm³/mol. The summed E-state index contributed by atoms with van der Waals surface area (Å²) in [6.45, 7) is 12.6. The Labute approximate surface area is 217 Å². The standard InChI is InChI=1S/C23H31NO5.C5H10.C2H6/c1-15-4-6-19-17-13-28-14-29-20(17)8-10-23(19,2)18(15)9-11-24-12-16(22(26)27-3)5-7-21(24)25;1-2-4-5-3-1;1-2/h5,7,12,17-20H,1,4,6,8-11,13-14H2,2-3H3;1-5H2;1-2H3. The summed E-state index contributed by atoms with van der Waals surface area (Å²) in [4.78, 5) is 24.2. The third kappa shape index (κ3) is 6.49. The monoisotopic (exact) mass is 501 g/mol. The van der Waals surface area contributed by atoms with Crippen LogP contribution in [0.15, 0.2) is 35.3 Å². The van der Waals surface area contributed by atoms with E-state index in [1.165, 1.54) is 56.9 Å². The highest BCUT2D eigenvalue weighted by Crippen LogP contribution is 2.58. The smallest absolute Gasteiger partial charge is 0.339 e. The van der Waals surface area contributed by atoms with E-state index in [1.807, 2.05) is 13.8 Å². The molecule has 5 unspecified atom stereocenters. The summed E-state index contributed by atoms with van der Waals surface area (Å²) >= 11 is 0. The lowest BCUT2D eigenvalue weighted by atomic mass is 9.50. The molecule has 4 fully saturated rings. The minimum atomic E-state index is -0.427. The van der Waals surface area contributed by atoms with Crippen molar-refractivity contribution in [1.82, 2.24) is 4.57 Å². The fourth-order valence-electron chi connectivity index (χ4n) is 6.94. The van der Waals surface area contributed by atoms with Crippen LogP contribution in [0.1, 0.15) is 95.3 Å². The molecule has 0 spiro atoms. The highest BCUT2D eigenvalue weighted by molar-refractivity contribution is 5.88. The van der Waals surface area contributed by atoms with Crippen molar-refractivity contribution in [3.05, 3.63) is 46.4 Å². The second kappa shape index (κ2) is 13.6. The summed E-state index contributed by atoms with van der Waals surface area (Å²) in [6.07, 6.45) is 14.6. The van der Waals surface area contributed by atoms with E-state index in [1.54, 1.807) is 10.8 Å². The van der Waals surface area contributed by atoms with E-state index in [2.05, 4.69) is 13.5 Å². The summed E-state index contributed by atoms with van der Waals surface area (Å²) in [5, 5.41) is 0. The van der Waals surface area contributed by atoms with Gasteiger partial charge in [0.05, 0.1) is 25.4 Å². The fourth-order valence-corrected chi connectivity index (χ4v) is 6.94. The number of pyridine rings is 1. The van der Waals surface area contributed by atoms with Crippen molar-refractivity contribution in [3.63, 3.8) is 0 Å². The Morgan fingerprint density at radius 1 is 1.17 bits per heavy atom. The van der Waals surface area contributed by atoms with Gasteiger partial charge < -0.3 is 18.8 Å². The van der Waals surface area contributed by atoms with Gasteiger partial charge in [-0.05, 0) is 55.4 Å². The molecule has 0 aromatic carbocycles. The molecule has 1 aromatic heterocycles. The van der Waals surface area contributed by atoms with Crippen LogP contribution in [-0.4, -0.2) is 37.1 Å². The van der Waals surface area contributed by atoms with Crippen LogP contribution in [0.5, 0.6) is 0 Å². The van der Waals surface area contributed by atoms with Gasteiger partial charge in [-0.1, -0.05) is 65.0 Å². The first-order valence-corrected chi connectivity index (χ1v) is 14.1. The molecule has 1 aromatic rings. The Morgan fingerprint density at radius 3 is 2.53 bits per heavy atom. The molecule has 0 bridgehead atoms. The van der Waals surface area contributed by atoms with Crippen LogP contribution in [0, 0.1) is 23.2 Å². The van der Waals surface area contributed by atoms with Crippen molar-refractivity contribution in [1.29, 1.82) is 0 Å². The van der Waals surface area contributed by atoms with Crippen molar-refractivity contribution >= 4 is 5.97 Å². The number of allylic oxidation sites excluding steroid dienone is 1. The zero-order valence-corrected chi connectivity index (χ0v) is 22.9. The molecular weight excluding hydrogens is 454 g/mol. The van der Waals surface area contributed by atoms with Gasteiger partial charge in [-0.3, -0.25) is 4.79 Å². The highest BCUT2D eigenvalue weighted by atomic mass is 16.7. The molecule has 36 heavy (non-hydrogen) atoms. The van der Waals surface area contributed by atoms with Gasteiger partial charge in [-0.15, -0.1) is 0 Å². The minimum Gasteiger partial charge on any atom is -0.465 e. The van der Waals surface area contributed by atoms with Crippen molar-refractivity contribution in [2.45, 2.75) is 97.6 Å². The maximum absolute atomic E-state index is 12.3. The number of esters is 1. The molecule has 2 heterocycles. The first-order chi connectivity index (χ1) is 17.4. The Bertz CT molecular complexity index is 913. The SMILES string of the molecule is C1CCCC1.C=C1CCC2C3COCOC3CCC2(C)C1CCn1cc(C(=O)OC)ccc1=O.CC. The molecule has 3 saturated carbocycles. The lowest BCUT2D eigenvalue weighted by Crippen LogP contribution is -2.54. The van der Waals surface area contributed by atoms with Crippen molar-refractivity contribution < 1.29 is 19.0 Å². The van der Waals surface area contributed by atoms with E-state index < -0.39 is 5.97 Å². The number of hydrogen-bond acceptors (Lipinski definition) is 5. The third-order valence-electron chi connectivity index (χ3n) is 8.86. The number of fused-ring (bicyclic) bond motifs is 3. The van der Waals surface area contributed by atoms with Gasteiger partial charge in [0.2, 0.25) is 0 Å². The van der Waals surface area contributed by atoms with Crippen LogP contribution in [0.4, 0.5) is 0 Å². The van der Waals surface area contributed by atoms with Crippen LogP contribution in [0.25, 0.3) is 0 Å². The van der Waals surface area contributed by atoms with E-state index in [-0.39, 0.29) is 11.0 Å². The molecule has 202 valence electrons. The number of methoxy groups -OCH3 is 1. The maximum Gasteiger partial charge on any atom is 0.339 e. The Kier molecular flexibility index (Phi) is 10.8. The molecule has 0 radical (unpaired) electrons. The average Bonchev–Trinajstić information content (AvgIpc) is 3.50. The largest absolute Gasteiger partial charge is 0.465 e. The minimum absolute atomic E-state index is 0.0985. The Hall–Kier alpha value is -1.92. The van der Waals surface area contributed by atoms with Gasteiger partial charge in [-0.25, -0.2) is 4.79 Å². The quantitative estimate of drug-likeness (QED) is 0.354. The predicted octanol–water partition coefficient (Wildman–Crippen LogP) is 6.37. The number of carbonyl (C=O) groups is 1. The van der Waals surface area contributed by atoms with Gasteiger partial charge in [0.15, 0.2) is 0 Å². The summed E-state index contributed by atoms with van der Waals surface area (Å²) in [5.41, 5.74) is 1.73. The van der Waals surface area contributed by atoms with Crippen molar-refractivity contribution in [2.75, 3.05) is 20.5 Å². The second-order valence-electron chi connectivity index (χ2n) is 10.8. The zero-order chi connectivity index (χ0) is 26.1. The van der Waals surface area contributed by atoms with Gasteiger partial charge in [-0.2, -0.15) is 0 Å². The Morgan fingerprint density at radius 2 is 1.86 bits per heavy atom. The number of carbonyl (C=O) groups excluding carboxylic acids is 1. The first-order valence-electron chi connectivity index (χ1n) is 14.1. The van der Waals surface area contributed by atoms with Crippen LogP contribution >= 0.6 is 0 Å². The lowest BCUT2D eigenvalue weighted by molar-refractivity contribution is -0.218. The molecule has 5 atom stereocenters. The molecule has 0 N–H and O–H groups in total. The highest BCUT2D eigenvalue weighted by Gasteiger charge is 2.53. The lowest BCUT2D eigenvalue weighted by Gasteiger charge is -2.57. The summed E-state index contributed by atoms with van der Waals surface area (Å²) in [5.74, 6) is 0.917. The average molecular weight is 502 g/mol. The van der Waals surface area contributed by atoms with Gasteiger partial charge in [0, 0.05) is 24.7 Å². The van der Waals surface area contributed by atoms with Gasteiger partial charge in [0.1, 0.15) is 6.79 Å². The van der Waals surface area contributed by atoms with Crippen molar-refractivity contribution in [2.24, 2.45) is 23.2 Å². The van der Waals surface area contributed by atoms with E-state index in [9.17, 15) is 9.59 Å². The van der Waals surface area contributed by atoms with Crippen molar-refractivity contribution in [3.8, 4) is 0 Å². The molecule has 1 saturated heterocycles. The number of rotatable bonds is 4. The number of aryl methyl sites for hydroxylation is 1. The topological polar surface area (TPSA) is 66.8 Å². The van der Waals surface area contributed by atoms with Crippen LogP contribution in [0.2, 0.25) is 0 Å². The molecule has 6 heteroatoms. The maximum atomic E-state index is 12.3. The van der Waals surface area contributed by atoms with Crippen LogP contribution in [0.3, 0.4) is 0 Å². The first kappa shape index (κ1) is 28.6. The fraction of sp³-hybridized carbons (Fsp3) is 0.733. The third-order valence-corrected chi connectivity index (χ3v) is 8.86. The van der Waals surface area contributed by atoms with Gasteiger partial charge in [0.25, 0.3) is 5.56 Å². The molecule has 0 amide bonds. The number of nitrogens with zero attached hydrogens (tertiary/aromatic N) is 1. The molecule has 5 rings (SSSR count). The molecule has 3 aliphatic carbocycles. The Balaban J connectivity index is 0.000000452. The normalized spacial score (nSPS) is 31.1. The van der Waals surface area contributed by atoms with Gasteiger partial charge >= 0.3 is 5.97 Å². The molecule has 1 aliphatic heterocycles.